The van der Waals surface area contributed by atoms with Crippen molar-refractivity contribution >= 4 is 46.4 Å². The lowest BCUT2D eigenvalue weighted by molar-refractivity contribution is -0.152. The molecule has 2 aliphatic rings. The molecule has 0 aliphatic carbocycles. The van der Waals surface area contributed by atoms with Crippen LogP contribution in [0.5, 0.6) is 0 Å². The molecule has 1 aromatic carbocycles. The summed E-state index contributed by atoms with van der Waals surface area (Å²) in [5.74, 6) is -4.23. The van der Waals surface area contributed by atoms with Gasteiger partial charge in [-0.05, 0) is 56.1 Å². The summed E-state index contributed by atoms with van der Waals surface area (Å²) in [4.78, 5) is 85.8. The van der Waals surface area contributed by atoms with Gasteiger partial charge in [-0.15, -0.1) is 0 Å². The van der Waals surface area contributed by atoms with Crippen LogP contribution >= 0.6 is 0 Å². The monoisotopic (exact) mass is 681 g/mol. The van der Waals surface area contributed by atoms with Crippen molar-refractivity contribution in [3.8, 4) is 0 Å². The highest BCUT2D eigenvalue weighted by Crippen LogP contribution is 2.27. The largest absolute Gasteiger partial charge is 0.480 e. The van der Waals surface area contributed by atoms with Crippen LogP contribution in [0.4, 0.5) is 0 Å². The Morgan fingerprint density at radius 2 is 1.51 bits per heavy atom. The number of H-pyrrole nitrogens is 1. The normalized spacial score (nSPS) is 20.8. The van der Waals surface area contributed by atoms with E-state index in [0.29, 0.717) is 45.2 Å². The van der Waals surface area contributed by atoms with E-state index in [4.69, 9.17) is 5.73 Å². The van der Waals surface area contributed by atoms with E-state index < -0.39 is 71.8 Å². The SMILES string of the molecule is CC[C@H](C)[C@H](NC(=O)[C@@H](NC(=O)[C@H](Cc1c[nH]c2ccccc12)NC(=O)[C@H](C)N)C(C)C)C(=O)N1CCC[C@H]1C(=O)N1CCC[C@H]1C(=O)O. The summed E-state index contributed by atoms with van der Waals surface area (Å²) in [7, 11) is 0. The molecule has 4 rings (SSSR count). The van der Waals surface area contributed by atoms with Gasteiger partial charge in [-0.3, -0.25) is 24.0 Å². The molecule has 5 amide bonds. The number of para-hydroxylation sites is 1. The average molecular weight is 682 g/mol. The second-order valence-electron chi connectivity index (χ2n) is 13.7. The highest BCUT2D eigenvalue weighted by molar-refractivity contribution is 5.97. The van der Waals surface area contributed by atoms with Crippen molar-refractivity contribution in [1.29, 1.82) is 0 Å². The summed E-state index contributed by atoms with van der Waals surface area (Å²) in [5.41, 5.74) is 7.48. The standard InChI is InChI=1S/C35H51N7O7/c1-6-20(4)29(34(47)41-15-9-13-26(41)33(46)42-16-10-14-27(42)35(48)49)40-32(45)28(19(2)3)39-31(44)25(38-30(43)21(5)36)17-22-18-37-24-12-8-7-11-23(22)24/h7-8,11-12,18-21,25-29,37H,6,9-10,13-17,36H2,1-5H3,(H,38,43)(H,39,44)(H,40,45)(H,48,49)/t20-,21-,25-,26-,27-,28-,29-/m0/s1. The second kappa shape index (κ2) is 16.3. The number of carboxylic acids is 1. The van der Waals surface area contributed by atoms with Crippen LogP contribution in [0.25, 0.3) is 10.9 Å². The van der Waals surface area contributed by atoms with E-state index in [1.165, 1.54) is 16.7 Å². The number of nitrogens with two attached hydrogens (primary N) is 1. The van der Waals surface area contributed by atoms with Gasteiger partial charge in [0.1, 0.15) is 30.2 Å². The van der Waals surface area contributed by atoms with Crippen LogP contribution < -0.4 is 21.7 Å². The lowest BCUT2D eigenvalue weighted by Gasteiger charge is -2.34. The first-order chi connectivity index (χ1) is 23.2. The van der Waals surface area contributed by atoms with Gasteiger partial charge in [0.2, 0.25) is 29.5 Å². The predicted octanol–water partition coefficient (Wildman–Crippen LogP) is 1.28. The van der Waals surface area contributed by atoms with Gasteiger partial charge in [0.05, 0.1) is 6.04 Å². The average Bonchev–Trinajstić information content (AvgIpc) is 3.85. The van der Waals surface area contributed by atoms with Gasteiger partial charge >= 0.3 is 5.97 Å². The van der Waals surface area contributed by atoms with E-state index in [1.807, 2.05) is 38.1 Å². The molecular weight excluding hydrogens is 630 g/mol. The number of benzene rings is 1. The van der Waals surface area contributed by atoms with Gasteiger partial charge in [-0.25, -0.2) is 4.79 Å². The summed E-state index contributed by atoms with van der Waals surface area (Å²) in [6, 6.07) is 1.90. The van der Waals surface area contributed by atoms with Crippen LogP contribution in [0.3, 0.4) is 0 Å². The fourth-order valence-electron chi connectivity index (χ4n) is 6.69. The lowest BCUT2D eigenvalue weighted by atomic mass is 9.95. The van der Waals surface area contributed by atoms with E-state index in [2.05, 4.69) is 20.9 Å². The highest BCUT2D eigenvalue weighted by Gasteiger charge is 2.44. The number of rotatable bonds is 14. The first-order valence-corrected chi connectivity index (χ1v) is 17.3. The van der Waals surface area contributed by atoms with E-state index >= 15 is 0 Å². The van der Waals surface area contributed by atoms with Crippen molar-refractivity contribution in [3.63, 3.8) is 0 Å². The Morgan fingerprint density at radius 1 is 0.878 bits per heavy atom. The molecule has 0 unspecified atom stereocenters. The van der Waals surface area contributed by atoms with Crippen LogP contribution in [0.2, 0.25) is 0 Å². The number of hydrogen-bond acceptors (Lipinski definition) is 7. The molecule has 2 saturated heterocycles. The number of hydrogen-bond donors (Lipinski definition) is 6. The molecule has 0 bridgehead atoms. The number of nitrogens with zero attached hydrogens (tertiary/aromatic N) is 2. The Hall–Kier alpha value is -4.46. The number of aromatic nitrogens is 1. The molecule has 2 fully saturated rings. The summed E-state index contributed by atoms with van der Waals surface area (Å²) in [5, 5.41) is 18.9. The second-order valence-corrected chi connectivity index (χ2v) is 13.7. The minimum Gasteiger partial charge on any atom is -0.480 e. The summed E-state index contributed by atoms with van der Waals surface area (Å²) < 4.78 is 0. The minimum absolute atomic E-state index is 0.138. The zero-order chi connectivity index (χ0) is 36.0. The van der Waals surface area contributed by atoms with Gasteiger partial charge in [0.15, 0.2) is 0 Å². The van der Waals surface area contributed by atoms with E-state index in [9.17, 15) is 33.9 Å². The molecule has 7 N–H and O–H groups in total. The van der Waals surface area contributed by atoms with Crippen molar-refractivity contribution in [2.45, 2.75) is 109 Å². The molecule has 7 atom stereocenters. The van der Waals surface area contributed by atoms with Crippen molar-refractivity contribution in [1.82, 2.24) is 30.7 Å². The molecule has 14 heteroatoms. The smallest absolute Gasteiger partial charge is 0.326 e. The molecular formula is C35H51N7O7. The molecule has 268 valence electrons. The maximum atomic E-state index is 14.1. The topological polar surface area (TPSA) is 207 Å². The van der Waals surface area contributed by atoms with E-state index in [-0.39, 0.29) is 18.2 Å². The maximum absolute atomic E-state index is 14.1. The first kappa shape index (κ1) is 37.4. The maximum Gasteiger partial charge on any atom is 0.326 e. The predicted molar refractivity (Wildman–Crippen MR) is 183 cm³/mol. The molecule has 14 nitrogen and oxygen atoms in total. The Balaban J connectivity index is 1.52. The number of amides is 5. The number of aliphatic carboxylic acids is 1. The molecule has 2 aliphatic heterocycles. The molecule has 49 heavy (non-hydrogen) atoms. The van der Waals surface area contributed by atoms with Crippen LogP contribution in [0.1, 0.15) is 72.3 Å². The lowest BCUT2D eigenvalue weighted by Crippen LogP contribution is -2.61. The fraction of sp³-hybridized carbons (Fsp3) is 0.600. The first-order valence-electron chi connectivity index (χ1n) is 17.3. The molecule has 1 aromatic heterocycles. The van der Waals surface area contributed by atoms with E-state index in [1.54, 1.807) is 20.0 Å². The molecule has 2 aromatic rings. The zero-order valence-corrected chi connectivity index (χ0v) is 29.0. The number of carbonyl (C=O) groups is 6. The van der Waals surface area contributed by atoms with Crippen molar-refractivity contribution < 1.29 is 33.9 Å². The molecule has 0 spiro atoms. The van der Waals surface area contributed by atoms with Crippen LogP contribution in [0, 0.1) is 11.8 Å². The number of nitrogens with one attached hydrogen (secondary N) is 4. The summed E-state index contributed by atoms with van der Waals surface area (Å²) >= 11 is 0. The van der Waals surface area contributed by atoms with Crippen LogP contribution in [0.15, 0.2) is 30.5 Å². The van der Waals surface area contributed by atoms with Crippen molar-refractivity contribution in [3.05, 3.63) is 36.0 Å². The number of carboxylic acid groups (broad SMARTS) is 1. The number of fused-ring (bicyclic) bond motifs is 1. The van der Waals surface area contributed by atoms with Gasteiger partial charge in [0, 0.05) is 36.6 Å². The number of aromatic amines is 1. The zero-order valence-electron chi connectivity index (χ0n) is 29.0. The van der Waals surface area contributed by atoms with Gasteiger partial charge in [-0.2, -0.15) is 0 Å². The van der Waals surface area contributed by atoms with E-state index in [0.717, 1.165) is 16.5 Å². The van der Waals surface area contributed by atoms with Crippen molar-refractivity contribution in [2.24, 2.45) is 17.6 Å². The molecule has 3 heterocycles. The van der Waals surface area contributed by atoms with Crippen LogP contribution in [-0.2, 0) is 35.2 Å². The number of likely N-dealkylation sites (tertiary alicyclic amines) is 2. The summed E-state index contributed by atoms with van der Waals surface area (Å²) in [6.07, 6.45) is 4.39. The van der Waals surface area contributed by atoms with Crippen molar-refractivity contribution in [2.75, 3.05) is 13.1 Å². The third kappa shape index (κ3) is 8.59. The Morgan fingerprint density at radius 3 is 2.14 bits per heavy atom. The fourth-order valence-corrected chi connectivity index (χ4v) is 6.69. The summed E-state index contributed by atoms with van der Waals surface area (Å²) in [6.45, 7) is 9.41. The minimum atomic E-state index is -1.06. The third-order valence-corrected chi connectivity index (χ3v) is 9.81. The molecule has 0 radical (unpaired) electrons. The van der Waals surface area contributed by atoms with Gasteiger partial charge < -0.3 is 41.6 Å². The van der Waals surface area contributed by atoms with Gasteiger partial charge in [0.25, 0.3) is 0 Å². The Labute approximate surface area is 286 Å². The molecule has 0 saturated carbocycles. The highest BCUT2D eigenvalue weighted by atomic mass is 16.4. The Bertz CT molecular complexity index is 1540. The van der Waals surface area contributed by atoms with Gasteiger partial charge in [-0.1, -0.05) is 52.3 Å². The number of carbonyl (C=O) groups excluding carboxylic acids is 5. The third-order valence-electron chi connectivity index (χ3n) is 9.81. The van der Waals surface area contributed by atoms with Crippen LogP contribution in [-0.4, -0.2) is 105 Å². The quantitative estimate of drug-likeness (QED) is 0.171. The Kier molecular flexibility index (Phi) is 12.4.